The molecule has 1 aromatic heterocycles. The Morgan fingerprint density at radius 3 is 2.39 bits per heavy atom. The van der Waals surface area contributed by atoms with Crippen LogP contribution in [0.5, 0.6) is 0 Å². The summed E-state index contributed by atoms with van der Waals surface area (Å²) in [5.74, 6) is 0.163. The van der Waals surface area contributed by atoms with Crippen molar-refractivity contribution < 1.29 is 9.59 Å². The van der Waals surface area contributed by atoms with Crippen molar-refractivity contribution in [1.29, 1.82) is 0 Å². The first-order valence-corrected chi connectivity index (χ1v) is 13.5. The first-order chi connectivity index (χ1) is 17.6. The van der Waals surface area contributed by atoms with Crippen molar-refractivity contribution >= 4 is 44.8 Å². The molecule has 180 valence electrons. The van der Waals surface area contributed by atoms with Crippen LogP contribution in [0.3, 0.4) is 0 Å². The van der Waals surface area contributed by atoms with Crippen LogP contribution in [0.1, 0.15) is 25.6 Å². The highest BCUT2D eigenvalue weighted by atomic mass is 35.5. The summed E-state index contributed by atoms with van der Waals surface area (Å²) in [5.41, 5.74) is 4.23. The van der Waals surface area contributed by atoms with Crippen LogP contribution in [-0.2, 0) is 6.54 Å². The Kier molecular flexibility index (Phi) is 5.17. The fraction of sp³-hybridized carbons (Fsp3) is 0.241. The van der Waals surface area contributed by atoms with E-state index in [0.717, 1.165) is 45.4 Å². The van der Waals surface area contributed by atoms with Crippen LogP contribution in [0.15, 0.2) is 72.8 Å². The summed E-state index contributed by atoms with van der Waals surface area (Å²) in [5, 5.41) is 1.49. The number of likely N-dealkylation sites (tertiary alicyclic amines) is 2. The highest BCUT2D eigenvalue weighted by molar-refractivity contribution is 7.21. The van der Waals surface area contributed by atoms with Gasteiger partial charge in [-0.15, -0.1) is 11.3 Å². The number of fused-ring (bicyclic) bond motifs is 2. The maximum atomic E-state index is 13.3. The number of carbonyl (C=O) groups is 2. The van der Waals surface area contributed by atoms with Crippen molar-refractivity contribution in [1.82, 2.24) is 14.7 Å². The van der Waals surface area contributed by atoms with Crippen LogP contribution < -0.4 is 0 Å². The minimum atomic E-state index is 0.0148. The molecular formula is C29H24ClN3O2S. The SMILES string of the molecule is O=C(c1sc2cc(-c3ccccc3)ccc2c1Cl)N1CC(N2CC(N3Cc4ccccc4C3=O)C2)C1. The van der Waals surface area contributed by atoms with Gasteiger partial charge in [-0.05, 0) is 28.8 Å². The van der Waals surface area contributed by atoms with Gasteiger partial charge in [-0.25, -0.2) is 0 Å². The zero-order valence-electron chi connectivity index (χ0n) is 19.6. The summed E-state index contributed by atoms with van der Waals surface area (Å²) < 4.78 is 1.03. The van der Waals surface area contributed by atoms with Gasteiger partial charge in [0, 0.05) is 54.4 Å². The van der Waals surface area contributed by atoms with Crippen LogP contribution in [0, 0.1) is 0 Å². The van der Waals surface area contributed by atoms with Gasteiger partial charge in [0.1, 0.15) is 4.88 Å². The van der Waals surface area contributed by atoms with Crippen molar-refractivity contribution in [2.75, 3.05) is 26.2 Å². The quantitative estimate of drug-likeness (QED) is 0.367. The Bertz CT molecular complexity index is 1510. The zero-order valence-corrected chi connectivity index (χ0v) is 21.1. The van der Waals surface area contributed by atoms with Gasteiger partial charge in [-0.3, -0.25) is 14.5 Å². The van der Waals surface area contributed by atoms with E-state index in [1.165, 1.54) is 11.3 Å². The predicted octanol–water partition coefficient (Wildman–Crippen LogP) is 5.39. The van der Waals surface area contributed by atoms with Gasteiger partial charge in [0.25, 0.3) is 11.8 Å². The summed E-state index contributed by atoms with van der Waals surface area (Å²) in [7, 11) is 0. The van der Waals surface area contributed by atoms with Crippen LogP contribution in [0.2, 0.25) is 5.02 Å². The van der Waals surface area contributed by atoms with Gasteiger partial charge in [-0.2, -0.15) is 0 Å². The average molecular weight is 514 g/mol. The maximum absolute atomic E-state index is 13.3. The molecule has 0 aliphatic carbocycles. The normalized spacial score (nSPS) is 18.4. The minimum absolute atomic E-state index is 0.0148. The monoisotopic (exact) mass is 513 g/mol. The lowest BCUT2D eigenvalue weighted by Crippen LogP contribution is -2.70. The molecule has 3 aromatic carbocycles. The molecule has 0 bridgehead atoms. The molecule has 0 saturated carbocycles. The Labute approximate surface area is 218 Å². The van der Waals surface area contributed by atoms with Gasteiger partial charge >= 0.3 is 0 Å². The number of benzene rings is 3. The molecule has 4 aromatic rings. The Morgan fingerprint density at radius 2 is 1.61 bits per heavy atom. The number of hydrogen-bond donors (Lipinski definition) is 0. The molecule has 3 aliphatic heterocycles. The molecule has 0 radical (unpaired) electrons. The summed E-state index contributed by atoms with van der Waals surface area (Å²) in [6, 6.07) is 24.9. The highest BCUT2D eigenvalue weighted by Crippen LogP contribution is 2.39. The molecule has 0 unspecified atom stereocenters. The molecule has 36 heavy (non-hydrogen) atoms. The second-order valence-corrected chi connectivity index (χ2v) is 11.3. The number of nitrogens with zero attached hydrogens (tertiary/aromatic N) is 3. The van der Waals surface area contributed by atoms with Crippen molar-refractivity contribution in [2.24, 2.45) is 0 Å². The smallest absolute Gasteiger partial charge is 0.265 e. The molecule has 7 rings (SSSR count). The van der Waals surface area contributed by atoms with E-state index < -0.39 is 0 Å². The van der Waals surface area contributed by atoms with Crippen LogP contribution in [0.25, 0.3) is 21.2 Å². The van der Waals surface area contributed by atoms with E-state index in [2.05, 4.69) is 29.2 Å². The first-order valence-electron chi connectivity index (χ1n) is 12.3. The van der Waals surface area contributed by atoms with E-state index in [1.54, 1.807) is 0 Å². The van der Waals surface area contributed by atoms with Gasteiger partial charge in [0.2, 0.25) is 0 Å². The second kappa shape index (κ2) is 8.44. The number of carbonyl (C=O) groups excluding carboxylic acids is 2. The zero-order chi connectivity index (χ0) is 24.4. The summed E-state index contributed by atoms with van der Waals surface area (Å²) in [6.45, 7) is 3.87. The Hall–Kier alpha value is -3.19. The third-order valence-corrected chi connectivity index (χ3v) is 9.42. The molecule has 4 heterocycles. The number of thiophene rings is 1. The van der Waals surface area contributed by atoms with E-state index in [0.29, 0.717) is 35.6 Å². The lowest BCUT2D eigenvalue weighted by molar-refractivity contribution is -0.0363. The lowest BCUT2D eigenvalue weighted by atomic mass is 9.98. The predicted molar refractivity (Wildman–Crippen MR) is 144 cm³/mol. The standard InChI is InChI=1S/C29H24ClN3O2S/c30-26-24-11-10-19(18-6-2-1-3-7-18)12-25(24)36-27(26)29(35)32-14-21(15-32)31-16-22(17-31)33-13-20-8-4-5-9-23(20)28(33)34/h1-12,21-22H,13-17H2. The summed E-state index contributed by atoms with van der Waals surface area (Å²) in [4.78, 5) is 32.9. The molecule has 2 fully saturated rings. The topological polar surface area (TPSA) is 43.9 Å². The molecule has 0 spiro atoms. The van der Waals surface area contributed by atoms with Gasteiger partial charge in [0.05, 0.1) is 11.1 Å². The largest absolute Gasteiger partial charge is 0.335 e. The van der Waals surface area contributed by atoms with Crippen LogP contribution >= 0.6 is 22.9 Å². The highest BCUT2D eigenvalue weighted by Gasteiger charge is 2.45. The number of amides is 2. The van der Waals surface area contributed by atoms with Gasteiger partial charge in [-0.1, -0.05) is 72.3 Å². The first kappa shape index (κ1) is 22.0. The fourth-order valence-electron chi connectivity index (χ4n) is 5.56. The Balaban J connectivity index is 0.989. The van der Waals surface area contributed by atoms with Gasteiger partial charge < -0.3 is 9.80 Å². The van der Waals surface area contributed by atoms with Crippen molar-refractivity contribution in [2.45, 2.75) is 18.6 Å². The lowest BCUT2D eigenvalue weighted by Gasteiger charge is -2.53. The number of hydrogen-bond acceptors (Lipinski definition) is 4. The molecule has 2 saturated heterocycles. The number of rotatable bonds is 4. The van der Waals surface area contributed by atoms with Crippen molar-refractivity contribution in [3.8, 4) is 11.1 Å². The third kappa shape index (κ3) is 3.47. The average Bonchev–Trinajstić information content (AvgIpc) is 3.36. The molecule has 0 atom stereocenters. The van der Waals surface area contributed by atoms with Crippen molar-refractivity contribution in [3.63, 3.8) is 0 Å². The molecule has 2 amide bonds. The van der Waals surface area contributed by atoms with E-state index in [-0.39, 0.29) is 17.9 Å². The summed E-state index contributed by atoms with van der Waals surface area (Å²) in [6.07, 6.45) is 0. The van der Waals surface area contributed by atoms with Crippen LogP contribution in [-0.4, -0.2) is 64.8 Å². The molecule has 3 aliphatic rings. The van der Waals surface area contributed by atoms with E-state index >= 15 is 0 Å². The van der Waals surface area contributed by atoms with Gasteiger partial charge in [0.15, 0.2) is 0 Å². The van der Waals surface area contributed by atoms with Crippen molar-refractivity contribution in [3.05, 3.63) is 93.8 Å². The minimum Gasteiger partial charge on any atom is -0.335 e. The van der Waals surface area contributed by atoms with E-state index in [4.69, 9.17) is 11.6 Å². The molecule has 7 heteroatoms. The maximum Gasteiger partial charge on any atom is 0.265 e. The third-order valence-electron chi connectivity index (χ3n) is 7.78. The van der Waals surface area contributed by atoms with Crippen LogP contribution in [0.4, 0.5) is 0 Å². The molecular weight excluding hydrogens is 490 g/mol. The fourth-order valence-corrected chi connectivity index (χ4v) is 7.08. The number of halogens is 1. The van der Waals surface area contributed by atoms with E-state index in [9.17, 15) is 9.59 Å². The summed E-state index contributed by atoms with van der Waals surface area (Å²) >= 11 is 8.15. The molecule has 5 nitrogen and oxygen atoms in total. The second-order valence-electron chi connectivity index (χ2n) is 9.88. The molecule has 0 N–H and O–H groups in total. The van der Waals surface area contributed by atoms with E-state index in [1.807, 2.05) is 58.3 Å². The Morgan fingerprint density at radius 1 is 0.861 bits per heavy atom.